The van der Waals surface area contributed by atoms with Gasteiger partial charge in [0.2, 0.25) is 41.4 Å². The van der Waals surface area contributed by atoms with Gasteiger partial charge in [0.25, 0.3) is 0 Å². The van der Waals surface area contributed by atoms with Crippen LogP contribution in [0.3, 0.4) is 0 Å². The van der Waals surface area contributed by atoms with E-state index in [1.165, 1.54) is 20.8 Å². The van der Waals surface area contributed by atoms with Gasteiger partial charge in [-0.1, -0.05) is 51.1 Å². The van der Waals surface area contributed by atoms with Crippen LogP contribution in [-0.4, -0.2) is 128 Å². The standard InChI is InChI=1S/C39H60N8O14/c1-19(2)15-26(45-38(59)27(18-30(41)49)46-35(56)22(5)43-36(57)24(40)11-13-31(50)51)29(48)16-20(3)33(54)42-21(4)34(55)44-25(12-14-32(52)53)37(58)47-28(39(60)61)17-23-9-7-6-8-10-23/h6-10,19-22,24-29,48H,11-18,40H2,1-5H3,(H2,41,49)(H,42,54)(H,43,57)(H,44,55)(H,45,59)(H,46,56)(H,47,58)(H,50,51)(H,52,53)(H,60,61)/t20-,21+,22+,24+,25+,26+,27+,28+,29+/m1/s1. The van der Waals surface area contributed by atoms with Gasteiger partial charge >= 0.3 is 17.9 Å². The SMILES string of the molecule is CC(C)C[C@H](NC(=O)[C@H](CC(N)=O)NC(=O)[C@H](C)NC(=O)[C@@H](N)CCC(=O)O)[C@@H](O)C[C@@H](C)C(=O)N[C@@H](C)C(=O)N[C@@H](CCC(=O)O)C(=O)N[C@@H](Cc1ccccc1)C(=O)O. The number of hydrogen-bond acceptors (Lipinski definition) is 12. The average molecular weight is 865 g/mol. The first-order valence-electron chi connectivity index (χ1n) is 19.7. The van der Waals surface area contributed by atoms with Gasteiger partial charge in [0.15, 0.2) is 0 Å². The van der Waals surface area contributed by atoms with Crippen LogP contribution in [0.5, 0.6) is 0 Å². The van der Waals surface area contributed by atoms with Gasteiger partial charge in [-0.25, -0.2) is 4.79 Å². The fourth-order valence-electron chi connectivity index (χ4n) is 5.82. The second-order valence-electron chi connectivity index (χ2n) is 15.3. The highest BCUT2D eigenvalue weighted by molar-refractivity contribution is 5.95. The number of nitrogens with two attached hydrogens (primary N) is 2. The van der Waals surface area contributed by atoms with Crippen molar-refractivity contribution in [1.29, 1.82) is 0 Å². The lowest BCUT2D eigenvalue weighted by molar-refractivity contribution is -0.143. The Kier molecular flexibility index (Phi) is 22.6. The van der Waals surface area contributed by atoms with E-state index < -0.39 is 139 Å². The van der Waals surface area contributed by atoms with Gasteiger partial charge in [-0.15, -0.1) is 0 Å². The Labute approximate surface area is 352 Å². The number of carboxylic acid groups (broad SMARTS) is 3. The lowest BCUT2D eigenvalue weighted by atomic mass is 9.92. The Morgan fingerprint density at radius 2 is 1.08 bits per heavy atom. The maximum Gasteiger partial charge on any atom is 0.326 e. The first-order chi connectivity index (χ1) is 28.4. The molecule has 7 amide bonds. The fraction of sp³-hybridized carbons (Fsp3) is 0.590. The molecule has 0 radical (unpaired) electrons. The Morgan fingerprint density at radius 3 is 1.59 bits per heavy atom. The molecule has 0 saturated carbocycles. The van der Waals surface area contributed by atoms with Crippen molar-refractivity contribution in [2.24, 2.45) is 23.3 Å². The minimum atomic E-state index is -1.56. The predicted octanol–water partition coefficient (Wildman–Crippen LogP) is -2.37. The Morgan fingerprint density at radius 1 is 0.590 bits per heavy atom. The number of benzene rings is 1. The number of carbonyl (C=O) groups is 10. The lowest BCUT2D eigenvalue weighted by Gasteiger charge is -2.30. The molecule has 9 atom stereocenters. The number of aliphatic hydroxyl groups is 1. The number of primary amides is 1. The molecule has 14 N–H and O–H groups in total. The lowest BCUT2D eigenvalue weighted by Crippen LogP contribution is -2.57. The summed E-state index contributed by atoms with van der Waals surface area (Å²) in [5.41, 5.74) is 11.6. The molecule has 0 aliphatic rings. The molecule has 1 rings (SSSR count). The second-order valence-corrected chi connectivity index (χ2v) is 15.3. The summed E-state index contributed by atoms with van der Waals surface area (Å²) >= 11 is 0. The van der Waals surface area contributed by atoms with Crippen molar-refractivity contribution < 1.29 is 68.4 Å². The molecule has 1 aromatic carbocycles. The number of aliphatic hydroxyl groups excluding tert-OH is 1. The minimum Gasteiger partial charge on any atom is -0.481 e. The summed E-state index contributed by atoms with van der Waals surface area (Å²) in [5, 5.41) is 53.3. The largest absolute Gasteiger partial charge is 0.481 e. The van der Waals surface area contributed by atoms with E-state index in [9.17, 15) is 63.3 Å². The highest BCUT2D eigenvalue weighted by Gasteiger charge is 2.33. The molecule has 0 fully saturated rings. The number of carbonyl (C=O) groups excluding carboxylic acids is 7. The Balaban J connectivity index is 3.00. The van der Waals surface area contributed by atoms with Gasteiger partial charge in [-0.05, 0) is 51.0 Å². The number of aliphatic carboxylic acids is 3. The molecule has 22 nitrogen and oxygen atoms in total. The smallest absolute Gasteiger partial charge is 0.326 e. The van der Waals surface area contributed by atoms with Crippen molar-refractivity contribution in [3.05, 3.63) is 35.9 Å². The van der Waals surface area contributed by atoms with Crippen LogP contribution in [0.25, 0.3) is 0 Å². The van der Waals surface area contributed by atoms with Gasteiger partial charge in [-0.3, -0.25) is 43.2 Å². The zero-order chi connectivity index (χ0) is 46.6. The van der Waals surface area contributed by atoms with E-state index in [2.05, 4.69) is 31.9 Å². The topological polar surface area (TPSA) is 376 Å². The quantitative estimate of drug-likeness (QED) is 0.0419. The highest BCUT2D eigenvalue weighted by Crippen LogP contribution is 2.17. The first kappa shape index (κ1) is 52.9. The molecule has 0 aliphatic heterocycles. The third kappa shape index (κ3) is 20.6. The number of amides is 7. The van der Waals surface area contributed by atoms with Crippen molar-refractivity contribution in [2.75, 3.05) is 0 Å². The van der Waals surface area contributed by atoms with Crippen LogP contribution in [0.4, 0.5) is 0 Å². The minimum absolute atomic E-state index is 0.0973. The van der Waals surface area contributed by atoms with Crippen LogP contribution >= 0.6 is 0 Å². The molecule has 61 heavy (non-hydrogen) atoms. The van der Waals surface area contributed by atoms with E-state index in [4.69, 9.17) is 16.6 Å². The summed E-state index contributed by atoms with van der Waals surface area (Å²) < 4.78 is 0. The zero-order valence-electron chi connectivity index (χ0n) is 34.8. The molecule has 0 unspecified atom stereocenters. The fourth-order valence-corrected chi connectivity index (χ4v) is 5.82. The van der Waals surface area contributed by atoms with Crippen LogP contribution in [-0.2, 0) is 54.4 Å². The van der Waals surface area contributed by atoms with E-state index in [0.29, 0.717) is 5.56 Å². The van der Waals surface area contributed by atoms with E-state index in [1.807, 2.05) is 0 Å². The summed E-state index contributed by atoms with van der Waals surface area (Å²) in [5.74, 6) is -11.2. The van der Waals surface area contributed by atoms with Gasteiger partial charge in [-0.2, -0.15) is 0 Å². The molecule has 0 aliphatic carbocycles. The molecule has 0 saturated heterocycles. The number of rotatable bonds is 28. The normalized spacial score (nSPS) is 15.5. The van der Waals surface area contributed by atoms with Crippen molar-refractivity contribution >= 4 is 59.3 Å². The maximum atomic E-state index is 13.4. The van der Waals surface area contributed by atoms with Gasteiger partial charge < -0.3 is 63.8 Å². The molecule has 0 aromatic heterocycles. The van der Waals surface area contributed by atoms with Crippen LogP contribution in [0.2, 0.25) is 0 Å². The molecular formula is C39H60N8O14. The third-order valence-electron chi connectivity index (χ3n) is 9.29. The van der Waals surface area contributed by atoms with E-state index in [-0.39, 0.29) is 31.6 Å². The molecule has 0 heterocycles. The second kappa shape index (κ2) is 26.1. The summed E-state index contributed by atoms with van der Waals surface area (Å²) in [6, 6.07) is -0.925. The van der Waals surface area contributed by atoms with Crippen molar-refractivity contribution in [3.63, 3.8) is 0 Å². The van der Waals surface area contributed by atoms with Crippen LogP contribution < -0.4 is 43.4 Å². The first-order valence-corrected chi connectivity index (χ1v) is 19.7. The van der Waals surface area contributed by atoms with Crippen molar-refractivity contribution in [3.8, 4) is 0 Å². The van der Waals surface area contributed by atoms with E-state index in [1.54, 1.807) is 44.2 Å². The molecule has 340 valence electrons. The zero-order valence-corrected chi connectivity index (χ0v) is 34.8. The van der Waals surface area contributed by atoms with Gasteiger partial charge in [0.05, 0.1) is 24.6 Å². The summed E-state index contributed by atoms with van der Waals surface area (Å²) in [6.07, 6.45) is -3.83. The molecular weight excluding hydrogens is 804 g/mol. The van der Waals surface area contributed by atoms with Gasteiger partial charge in [0, 0.05) is 25.2 Å². The third-order valence-corrected chi connectivity index (χ3v) is 9.29. The number of hydrogen-bond donors (Lipinski definition) is 12. The van der Waals surface area contributed by atoms with Crippen LogP contribution in [0, 0.1) is 11.8 Å². The van der Waals surface area contributed by atoms with E-state index in [0.717, 1.165) is 0 Å². The van der Waals surface area contributed by atoms with Gasteiger partial charge in [0.1, 0.15) is 30.2 Å². The Bertz CT molecular complexity index is 1710. The van der Waals surface area contributed by atoms with Crippen molar-refractivity contribution in [1.82, 2.24) is 31.9 Å². The summed E-state index contributed by atoms with van der Waals surface area (Å²) in [6.45, 7) is 7.54. The molecule has 0 spiro atoms. The number of carboxylic acids is 3. The average Bonchev–Trinajstić information content (AvgIpc) is 3.16. The monoisotopic (exact) mass is 864 g/mol. The summed E-state index contributed by atoms with van der Waals surface area (Å²) in [7, 11) is 0. The Hall–Kier alpha value is -6.16. The van der Waals surface area contributed by atoms with Crippen LogP contribution in [0.15, 0.2) is 30.3 Å². The molecule has 0 bridgehead atoms. The van der Waals surface area contributed by atoms with Crippen molar-refractivity contribution in [2.45, 2.75) is 134 Å². The van der Waals surface area contributed by atoms with E-state index >= 15 is 0 Å². The molecule has 1 aromatic rings. The van der Waals surface area contributed by atoms with Crippen LogP contribution in [0.1, 0.15) is 85.1 Å². The predicted molar refractivity (Wildman–Crippen MR) is 215 cm³/mol. The summed E-state index contributed by atoms with van der Waals surface area (Å²) in [4.78, 5) is 124. The highest BCUT2D eigenvalue weighted by atomic mass is 16.4. The maximum absolute atomic E-state index is 13.4. The number of nitrogens with one attached hydrogen (secondary N) is 6. The molecule has 22 heteroatoms.